The van der Waals surface area contributed by atoms with Gasteiger partial charge in [0.05, 0.1) is 12.9 Å². The fourth-order valence-corrected chi connectivity index (χ4v) is 2.67. The number of hydrogen-bond acceptors (Lipinski definition) is 5. The molecule has 0 aromatic carbocycles. The Morgan fingerprint density at radius 3 is 2.94 bits per heavy atom. The molecule has 0 amide bonds. The summed E-state index contributed by atoms with van der Waals surface area (Å²) in [6.45, 7) is 4.37. The molecule has 2 rings (SSSR count). The van der Waals surface area contributed by atoms with Gasteiger partial charge >= 0.3 is 0 Å². The van der Waals surface area contributed by atoms with E-state index in [1.54, 1.807) is 18.0 Å². The zero-order valence-electron chi connectivity index (χ0n) is 10.5. The van der Waals surface area contributed by atoms with Gasteiger partial charge in [0.2, 0.25) is 0 Å². The molecular weight excluding hydrogens is 248 g/mol. The predicted molar refractivity (Wildman–Crippen MR) is 71.2 cm³/mol. The molecule has 0 aliphatic heterocycles. The van der Waals surface area contributed by atoms with Gasteiger partial charge in [0, 0.05) is 31.2 Å². The lowest BCUT2D eigenvalue weighted by Crippen LogP contribution is -2.08. The van der Waals surface area contributed by atoms with Gasteiger partial charge in [-0.3, -0.25) is 0 Å². The minimum absolute atomic E-state index is 0.441. The van der Waals surface area contributed by atoms with E-state index in [9.17, 15) is 0 Å². The Morgan fingerprint density at radius 2 is 2.28 bits per heavy atom. The topological polar surface area (TPSA) is 74.6 Å². The molecule has 6 nitrogen and oxygen atoms in total. The monoisotopic (exact) mass is 266 g/mol. The van der Waals surface area contributed by atoms with Crippen molar-refractivity contribution in [1.82, 2.24) is 24.3 Å². The Kier molecular flexibility index (Phi) is 4.77. The number of aryl methyl sites for hydroxylation is 1. The van der Waals surface area contributed by atoms with Crippen LogP contribution in [0.1, 0.15) is 19.2 Å². The maximum absolute atomic E-state index is 5.62. The summed E-state index contributed by atoms with van der Waals surface area (Å²) in [4.78, 5) is 4.02. The van der Waals surface area contributed by atoms with Gasteiger partial charge < -0.3 is 14.9 Å². The molecule has 7 heteroatoms. The summed E-state index contributed by atoms with van der Waals surface area (Å²) in [6.07, 6.45) is 6.70. The molecule has 18 heavy (non-hydrogen) atoms. The number of nitrogens with two attached hydrogens (primary N) is 1. The van der Waals surface area contributed by atoms with Gasteiger partial charge in [-0.05, 0) is 13.3 Å². The second kappa shape index (κ2) is 6.55. The molecule has 2 aromatic heterocycles. The van der Waals surface area contributed by atoms with Crippen molar-refractivity contribution in [2.24, 2.45) is 5.73 Å². The van der Waals surface area contributed by atoms with Crippen LogP contribution < -0.4 is 5.73 Å². The van der Waals surface area contributed by atoms with Crippen LogP contribution >= 0.6 is 11.8 Å². The molecule has 2 heterocycles. The van der Waals surface area contributed by atoms with E-state index in [2.05, 4.69) is 31.2 Å². The first-order valence-corrected chi connectivity index (χ1v) is 7.04. The number of rotatable bonds is 7. The molecule has 0 spiro atoms. The SMILES string of the molecule is CCn1c(CN)nnc1SCCCn1ccnc1. The van der Waals surface area contributed by atoms with Gasteiger partial charge in [0.1, 0.15) is 5.82 Å². The van der Waals surface area contributed by atoms with Crippen LogP contribution in [0, 0.1) is 0 Å². The van der Waals surface area contributed by atoms with E-state index in [4.69, 9.17) is 5.73 Å². The lowest BCUT2D eigenvalue weighted by atomic mass is 10.5. The molecule has 98 valence electrons. The van der Waals surface area contributed by atoms with E-state index >= 15 is 0 Å². The van der Waals surface area contributed by atoms with Crippen molar-refractivity contribution >= 4 is 11.8 Å². The Labute approximate surface area is 111 Å². The molecule has 0 saturated carbocycles. The molecular formula is C11H18N6S. The summed E-state index contributed by atoms with van der Waals surface area (Å²) in [6, 6.07) is 0. The first-order chi connectivity index (χ1) is 8.85. The Balaban J connectivity index is 1.81. The number of nitrogens with zero attached hydrogens (tertiary/aromatic N) is 5. The highest BCUT2D eigenvalue weighted by Gasteiger charge is 2.09. The fraction of sp³-hybridized carbons (Fsp3) is 0.545. The highest BCUT2D eigenvalue weighted by molar-refractivity contribution is 7.99. The van der Waals surface area contributed by atoms with Crippen molar-refractivity contribution in [3.63, 3.8) is 0 Å². The number of hydrogen-bond donors (Lipinski definition) is 1. The van der Waals surface area contributed by atoms with Crippen LogP contribution in [-0.2, 0) is 19.6 Å². The second-order valence-electron chi connectivity index (χ2n) is 3.85. The maximum Gasteiger partial charge on any atom is 0.191 e. The summed E-state index contributed by atoms with van der Waals surface area (Å²) < 4.78 is 4.15. The lowest BCUT2D eigenvalue weighted by Gasteiger charge is -2.05. The molecule has 0 aliphatic rings. The number of imidazole rings is 1. The van der Waals surface area contributed by atoms with Crippen LogP contribution in [-0.4, -0.2) is 30.1 Å². The highest BCUT2D eigenvalue weighted by Crippen LogP contribution is 2.17. The smallest absolute Gasteiger partial charge is 0.191 e. The quantitative estimate of drug-likeness (QED) is 0.601. The second-order valence-corrected chi connectivity index (χ2v) is 4.91. The van der Waals surface area contributed by atoms with Crippen LogP contribution in [0.4, 0.5) is 0 Å². The van der Waals surface area contributed by atoms with Crippen molar-refractivity contribution in [2.75, 3.05) is 5.75 Å². The Bertz CT molecular complexity index is 464. The van der Waals surface area contributed by atoms with Gasteiger partial charge in [-0.1, -0.05) is 11.8 Å². The third-order valence-corrected chi connectivity index (χ3v) is 3.70. The Hall–Kier alpha value is -1.34. The Morgan fingerprint density at radius 1 is 1.39 bits per heavy atom. The van der Waals surface area contributed by atoms with Crippen molar-refractivity contribution in [3.05, 3.63) is 24.5 Å². The van der Waals surface area contributed by atoms with Crippen molar-refractivity contribution < 1.29 is 0 Å². The molecule has 2 N–H and O–H groups in total. The molecule has 0 fully saturated rings. The van der Waals surface area contributed by atoms with E-state index in [1.807, 2.05) is 12.5 Å². The van der Waals surface area contributed by atoms with Crippen LogP contribution in [0.2, 0.25) is 0 Å². The van der Waals surface area contributed by atoms with Crippen LogP contribution in [0.3, 0.4) is 0 Å². The summed E-state index contributed by atoms with van der Waals surface area (Å²) >= 11 is 1.73. The van der Waals surface area contributed by atoms with Crippen molar-refractivity contribution in [3.8, 4) is 0 Å². The predicted octanol–water partition coefficient (Wildman–Crippen LogP) is 1.14. The maximum atomic E-state index is 5.62. The third-order valence-electron chi connectivity index (χ3n) is 2.64. The first-order valence-electron chi connectivity index (χ1n) is 6.05. The van der Waals surface area contributed by atoms with E-state index in [0.29, 0.717) is 6.54 Å². The van der Waals surface area contributed by atoms with Crippen LogP contribution in [0.15, 0.2) is 23.9 Å². The number of aromatic nitrogens is 5. The largest absolute Gasteiger partial charge is 0.337 e. The molecule has 0 aliphatic carbocycles. The van der Waals surface area contributed by atoms with Gasteiger partial charge in [-0.15, -0.1) is 10.2 Å². The third kappa shape index (κ3) is 3.11. The van der Waals surface area contributed by atoms with E-state index < -0.39 is 0 Å². The van der Waals surface area contributed by atoms with Crippen molar-refractivity contribution in [2.45, 2.75) is 38.1 Å². The molecule has 0 bridgehead atoms. The van der Waals surface area contributed by atoms with E-state index in [1.165, 1.54) is 0 Å². The average molecular weight is 266 g/mol. The molecule has 0 atom stereocenters. The number of thioether (sulfide) groups is 1. The molecule has 0 unspecified atom stereocenters. The first kappa shape index (κ1) is 13.1. The van der Waals surface area contributed by atoms with Crippen LogP contribution in [0.5, 0.6) is 0 Å². The average Bonchev–Trinajstić information content (AvgIpc) is 3.03. The zero-order valence-corrected chi connectivity index (χ0v) is 11.3. The molecule has 0 saturated heterocycles. The summed E-state index contributed by atoms with van der Waals surface area (Å²) in [5.74, 6) is 1.87. The van der Waals surface area contributed by atoms with Gasteiger partial charge in [-0.2, -0.15) is 0 Å². The normalized spacial score (nSPS) is 11.0. The van der Waals surface area contributed by atoms with Gasteiger partial charge in [-0.25, -0.2) is 4.98 Å². The lowest BCUT2D eigenvalue weighted by molar-refractivity contribution is 0.640. The summed E-state index contributed by atoms with van der Waals surface area (Å²) in [5, 5.41) is 9.22. The highest BCUT2D eigenvalue weighted by atomic mass is 32.2. The van der Waals surface area contributed by atoms with E-state index in [-0.39, 0.29) is 0 Å². The standard InChI is InChI=1S/C11H18N6S/c1-2-17-10(8-12)14-15-11(17)18-7-3-5-16-6-4-13-9-16/h4,6,9H,2-3,5,7-8,12H2,1H3. The van der Waals surface area contributed by atoms with Crippen LogP contribution in [0.25, 0.3) is 0 Å². The van der Waals surface area contributed by atoms with E-state index in [0.717, 1.165) is 36.2 Å². The van der Waals surface area contributed by atoms with Crippen molar-refractivity contribution in [1.29, 1.82) is 0 Å². The van der Waals surface area contributed by atoms with Gasteiger partial charge in [0.25, 0.3) is 0 Å². The minimum Gasteiger partial charge on any atom is -0.337 e. The zero-order chi connectivity index (χ0) is 12.8. The van der Waals surface area contributed by atoms with Gasteiger partial charge in [0.15, 0.2) is 5.16 Å². The fourth-order valence-electron chi connectivity index (χ4n) is 1.72. The molecule has 0 radical (unpaired) electrons. The molecule has 2 aromatic rings. The summed E-state index contributed by atoms with van der Waals surface area (Å²) in [5.41, 5.74) is 5.62. The minimum atomic E-state index is 0.441. The summed E-state index contributed by atoms with van der Waals surface area (Å²) in [7, 11) is 0.